The molecule has 42 heavy (non-hydrogen) atoms. The van der Waals surface area contributed by atoms with E-state index in [9.17, 15) is 34.5 Å². The number of nitrogens with zero attached hydrogens (tertiary/aromatic N) is 1. The molecule has 0 heterocycles. The maximum atomic E-state index is 13.4. The minimum atomic E-state index is -1.35. The molecule has 0 radical (unpaired) electrons. The number of phenolic OH excluding ortho intramolecular Hbond substituents is 2. The lowest BCUT2D eigenvalue weighted by Gasteiger charge is -2.25. The third kappa shape index (κ3) is 11.5. The summed E-state index contributed by atoms with van der Waals surface area (Å²) < 4.78 is 0. The van der Waals surface area contributed by atoms with E-state index in [2.05, 4.69) is 33.6 Å². The molecule has 4 unspecified atom stereocenters. The summed E-state index contributed by atoms with van der Waals surface area (Å²) >= 11 is 4.02. The molecule has 3 amide bonds. The number of aliphatic carboxylic acids is 1. The Bertz CT molecular complexity index is 1240. The van der Waals surface area contributed by atoms with Crippen LogP contribution in [0.3, 0.4) is 0 Å². The molecule has 4 atom stereocenters. The Morgan fingerprint density at radius 1 is 0.762 bits per heavy atom. The Morgan fingerprint density at radius 3 is 1.69 bits per heavy atom. The van der Waals surface area contributed by atoms with Crippen molar-refractivity contribution < 1.29 is 34.5 Å². The number of aliphatic imine (C=N–C) groups is 1. The molecule has 12 N–H and O–H groups in total. The average Bonchev–Trinajstić information content (AvgIpc) is 2.95. The molecule has 0 fully saturated rings. The van der Waals surface area contributed by atoms with E-state index in [4.69, 9.17) is 17.2 Å². The van der Waals surface area contributed by atoms with Gasteiger partial charge in [-0.3, -0.25) is 19.4 Å². The van der Waals surface area contributed by atoms with Crippen molar-refractivity contribution in [3.05, 3.63) is 59.7 Å². The van der Waals surface area contributed by atoms with Gasteiger partial charge in [-0.15, -0.1) is 0 Å². The number of carbonyl (C=O) groups excluding carboxylic acids is 3. The quantitative estimate of drug-likeness (QED) is 0.0471. The number of rotatable bonds is 16. The van der Waals surface area contributed by atoms with Crippen molar-refractivity contribution in [1.29, 1.82) is 0 Å². The van der Waals surface area contributed by atoms with Gasteiger partial charge < -0.3 is 48.5 Å². The molecular formula is C27H37N7O7S. The third-order valence-electron chi connectivity index (χ3n) is 6.11. The number of carboxylic acid groups (broad SMARTS) is 1. The summed E-state index contributed by atoms with van der Waals surface area (Å²) in [6.45, 7) is 0.141. The number of phenols is 2. The average molecular weight is 604 g/mol. The summed E-state index contributed by atoms with van der Waals surface area (Å²) in [5.41, 5.74) is 17.6. The number of guanidine groups is 1. The Morgan fingerprint density at radius 2 is 1.21 bits per heavy atom. The number of nitrogens with two attached hydrogens (primary N) is 3. The van der Waals surface area contributed by atoms with Gasteiger partial charge in [-0.2, -0.15) is 12.6 Å². The first-order valence-electron chi connectivity index (χ1n) is 13.0. The summed E-state index contributed by atoms with van der Waals surface area (Å²) in [6, 6.07) is 7.09. The second kappa shape index (κ2) is 16.7. The van der Waals surface area contributed by atoms with Gasteiger partial charge in [0.2, 0.25) is 17.7 Å². The highest BCUT2D eigenvalue weighted by atomic mass is 32.1. The third-order valence-corrected chi connectivity index (χ3v) is 6.51. The maximum Gasteiger partial charge on any atom is 0.326 e. The lowest BCUT2D eigenvalue weighted by atomic mass is 10.0. The van der Waals surface area contributed by atoms with Crippen LogP contribution in [0, 0.1) is 0 Å². The minimum absolute atomic E-state index is 0.00190. The molecule has 0 saturated heterocycles. The molecule has 0 saturated carbocycles. The predicted molar refractivity (Wildman–Crippen MR) is 159 cm³/mol. The van der Waals surface area contributed by atoms with E-state index < -0.39 is 47.9 Å². The molecule has 228 valence electrons. The summed E-state index contributed by atoms with van der Waals surface area (Å²) in [5.74, 6) is -3.57. The lowest BCUT2D eigenvalue weighted by molar-refractivity contribution is -0.142. The zero-order chi connectivity index (χ0) is 31.2. The number of hydrogen-bond donors (Lipinski definition) is 10. The molecule has 0 aliphatic heterocycles. The topological polar surface area (TPSA) is 255 Å². The van der Waals surface area contributed by atoms with E-state index >= 15 is 0 Å². The van der Waals surface area contributed by atoms with Gasteiger partial charge in [0, 0.05) is 25.1 Å². The first-order valence-corrected chi connectivity index (χ1v) is 13.6. The maximum absolute atomic E-state index is 13.4. The van der Waals surface area contributed by atoms with Crippen LogP contribution in [-0.2, 0) is 32.0 Å². The highest BCUT2D eigenvalue weighted by molar-refractivity contribution is 7.80. The van der Waals surface area contributed by atoms with Crippen LogP contribution in [0.4, 0.5) is 0 Å². The van der Waals surface area contributed by atoms with Gasteiger partial charge >= 0.3 is 5.97 Å². The fourth-order valence-corrected chi connectivity index (χ4v) is 3.99. The number of nitrogens with one attached hydrogen (secondary N) is 3. The van der Waals surface area contributed by atoms with E-state index in [0.717, 1.165) is 0 Å². The van der Waals surface area contributed by atoms with E-state index in [0.29, 0.717) is 11.1 Å². The molecule has 2 aromatic rings. The Kier molecular flexibility index (Phi) is 13.4. The minimum Gasteiger partial charge on any atom is -0.508 e. The van der Waals surface area contributed by atoms with E-state index in [1.807, 2.05) is 0 Å². The molecule has 0 bridgehead atoms. The van der Waals surface area contributed by atoms with Gasteiger partial charge in [0.1, 0.15) is 29.6 Å². The lowest BCUT2D eigenvalue weighted by Crippen LogP contribution is -2.58. The van der Waals surface area contributed by atoms with Crippen molar-refractivity contribution in [2.75, 3.05) is 12.3 Å². The number of hydrogen-bond acceptors (Lipinski definition) is 9. The Hall–Kier alpha value is -4.50. The van der Waals surface area contributed by atoms with Crippen LogP contribution >= 0.6 is 12.6 Å². The van der Waals surface area contributed by atoms with Crippen LogP contribution in [0.25, 0.3) is 0 Å². The highest BCUT2D eigenvalue weighted by Crippen LogP contribution is 2.13. The molecule has 0 aliphatic rings. The Balaban J connectivity index is 2.26. The monoisotopic (exact) mass is 603 g/mol. The Labute approximate surface area is 248 Å². The predicted octanol–water partition coefficient (Wildman–Crippen LogP) is -1.27. The first-order chi connectivity index (χ1) is 19.9. The number of thiol groups is 1. The van der Waals surface area contributed by atoms with Crippen molar-refractivity contribution in [2.24, 2.45) is 22.2 Å². The molecule has 14 nitrogen and oxygen atoms in total. The number of aromatic hydroxyl groups is 2. The largest absolute Gasteiger partial charge is 0.508 e. The summed E-state index contributed by atoms with van der Waals surface area (Å²) in [6.07, 6.45) is 0.205. The molecule has 0 aromatic heterocycles. The zero-order valence-corrected chi connectivity index (χ0v) is 23.7. The molecule has 0 aliphatic carbocycles. The second-order valence-electron chi connectivity index (χ2n) is 9.50. The fraction of sp³-hybridized carbons (Fsp3) is 0.370. The van der Waals surface area contributed by atoms with Gasteiger partial charge in [0.15, 0.2) is 5.96 Å². The van der Waals surface area contributed by atoms with Crippen LogP contribution in [0.2, 0.25) is 0 Å². The van der Waals surface area contributed by atoms with E-state index in [1.54, 1.807) is 12.1 Å². The van der Waals surface area contributed by atoms with Crippen LogP contribution < -0.4 is 33.2 Å². The first kappa shape index (κ1) is 33.7. The van der Waals surface area contributed by atoms with Crippen molar-refractivity contribution in [1.82, 2.24) is 16.0 Å². The van der Waals surface area contributed by atoms with Gasteiger partial charge in [0.25, 0.3) is 0 Å². The standard InChI is InChI=1S/C27H37N7O7S/c28-19(14-42)23(37)33-21(12-15-3-7-17(35)8-4-15)25(39)32-20(2-1-11-31-27(29)30)24(38)34-22(26(40)41)13-16-5-9-18(36)10-6-16/h3-10,19-22,35-36,42H,1-2,11-14,28H2,(H,32,39)(H,33,37)(H,34,38)(H,40,41)(H4,29,30,31). The summed E-state index contributed by atoms with van der Waals surface area (Å²) in [7, 11) is 0. The number of carboxylic acids is 1. The van der Waals surface area contributed by atoms with Gasteiger partial charge in [0.05, 0.1) is 6.04 Å². The van der Waals surface area contributed by atoms with E-state index in [-0.39, 0.29) is 55.4 Å². The van der Waals surface area contributed by atoms with Gasteiger partial charge in [-0.25, -0.2) is 4.79 Å². The van der Waals surface area contributed by atoms with Gasteiger partial charge in [-0.1, -0.05) is 24.3 Å². The molecule has 15 heteroatoms. The number of carbonyl (C=O) groups is 4. The van der Waals surface area contributed by atoms with Crippen LogP contribution in [-0.4, -0.2) is 81.4 Å². The smallest absolute Gasteiger partial charge is 0.326 e. The molecule has 2 aromatic carbocycles. The van der Waals surface area contributed by atoms with E-state index in [1.165, 1.54) is 36.4 Å². The summed E-state index contributed by atoms with van der Waals surface area (Å²) in [5, 5.41) is 36.4. The van der Waals surface area contributed by atoms with Gasteiger partial charge in [-0.05, 0) is 48.2 Å². The van der Waals surface area contributed by atoms with Crippen molar-refractivity contribution >= 4 is 42.3 Å². The van der Waals surface area contributed by atoms with Crippen molar-refractivity contribution in [2.45, 2.75) is 49.9 Å². The molecule has 0 spiro atoms. The number of amides is 3. The second-order valence-corrected chi connectivity index (χ2v) is 9.87. The summed E-state index contributed by atoms with van der Waals surface area (Å²) in [4.78, 5) is 55.1. The normalized spacial score (nSPS) is 13.6. The van der Waals surface area contributed by atoms with Crippen LogP contribution in [0.1, 0.15) is 24.0 Å². The molecular weight excluding hydrogens is 566 g/mol. The fourth-order valence-electron chi connectivity index (χ4n) is 3.82. The zero-order valence-electron chi connectivity index (χ0n) is 22.8. The SMILES string of the molecule is NC(N)=NCCCC(NC(=O)C(Cc1ccc(O)cc1)NC(=O)C(N)CS)C(=O)NC(Cc1ccc(O)cc1)C(=O)O. The van der Waals surface area contributed by atoms with Crippen molar-refractivity contribution in [3.63, 3.8) is 0 Å². The number of benzene rings is 2. The van der Waals surface area contributed by atoms with Crippen molar-refractivity contribution in [3.8, 4) is 11.5 Å². The van der Waals surface area contributed by atoms with Crippen LogP contribution in [0.15, 0.2) is 53.5 Å². The highest BCUT2D eigenvalue weighted by Gasteiger charge is 2.30. The molecule has 2 rings (SSSR count). The van der Waals surface area contributed by atoms with Crippen LogP contribution in [0.5, 0.6) is 11.5 Å².